The Labute approximate surface area is 125 Å². The second-order valence-electron chi connectivity index (χ2n) is 4.46. The van der Waals surface area contributed by atoms with Gasteiger partial charge >= 0.3 is 0 Å². The Balaban J connectivity index is 2.52. The predicted molar refractivity (Wildman–Crippen MR) is 72.4 cm³/mol. The molecule has 0 aromatic carbocycles. The van der Waals surface area contributed by atoms with Gasteiger partial charge < -0.3 is 15.3 Å². The molecule has 1 aromatic rings. The Hall–Kier alpha value is -2.19. The zero-order chi connectivity index (χ0) is 15.7. The summed E-state index contributed by atoms with van der Waals surface area (Å²) in [5, 5.41) is 11.3. The van der Waals surface area contributed by atoms with Crippen LogP contribution in [0.3, 0.4) is 0 Å². The molecule has 0 spiro atoms. The van der Waals surface area contributed by atoms with E-state index >= 15 is 0 Å². The maximum atomic E-state index is 12.6. The van der Waals surface area contributed by atoms with Crippen molar-refractivity contribution in [3.05, 3.63) is 29.1 Å². The van der Waals surface area contributed by atoms with Gasteiger partial charge in [-0.05, 0) is 11.6 Å². The molecule has 1 aromatic heterocycles. The van der Waals surface area contributed by atoms with Gasteiger partial charge in [-0.1, -0.05) is 0 Å². The van der Waals surface area contributed by atoms with Crippen LogP contribution in [0.5, 0.6) is 0 Å². The van der Waals surface area contributed by atoms with Crippen LogP contribution in [-0.2, 0) is 11.4 Å². The number of imidazole rings is 1. The minimum Gasteiger partial charge on any atom is -0.390 e. The van der Waals surface area contributed by atoms with Crippen molar-refractivity contribution in [1.29, 1.82) is 0 Å². The largest absolute Gasteiger partial charge is 0.390 e. The van der Waals surface area contributed by atoms with Crippen LogP contribution in [0, 0.1) is 0 Å². The van der Waals surface area contributed by atoms with E-state index in [9.17, 15) is 19.5 Å². The number of halogens is 1. The van der Waals surface area contributed by atoms with Gasteiger partial charge in [0.05, 0.1) is 19.0 Å². The molecule has 0 saturated carbocycles. The van der Waals surface area contributed by atoms with Crippen LogP contribution in [0.1, 0.15) is 27.9 Å². The molecule has 0 bridgehead atoms. The fourth-order valence-corrected chi connectivity index (χ4v) is 2.25. The summed E-state index contributed by atoms with van der Waals surface area (Å²) in [6, 6.07) is 0. The van der Waals surface area contributed by atoms with Gasteiger partial charge in [0.25, 0.3) is 11.1 Å². The summed E-state index contributed by atoms with van der Waals surface area (Å²) >= 11 is 5.35. The second kappa shape index (κ2) is 5.66. The number of nitrogens with zero attached hydrogens (tertiary/aromatic N) is 3. The Morgan fingerprint density at radius 2 is 2.14 bits per heavy atom. The highest BCUT2D eigenvalue weighted by molar-refractivity contribution is 6.67. The minimum atomic E-state index is -0.871. The summed E-state index contributed by atoms with van der Waals surface area (Å²) in [6.45, 7) is 1.06. The summed E-state index contributed by atoms with van der Waals surface area (Å²) in [5.74, 6) is -0.865. The van der Waals surface area contributed by atoms with Crippen molar-refractivity contribution in [2.45, 2.75) is 13.5 Å². The third kappa shape index (κ3) is 2.55. The molecule has 112 valence electrons. The molecule has 2 N–H and O–H groups in total. The van der Waals surface area contributed by atoms with Gasteiger partial charge in [0.2, 0.25) is 0 Å². The van der Waals surface area contributed by atoms with E-state index in [1.165, 1.54) is 6.92 Å². The summed E-state index contributed by atoms with van der Waals surface area (Å²) < 4.78 is 1.01. The third-order valence-corrected chi connectivity index (χ3v) is 3.27. The first-order valence-corrected chi connectivity index (χ1v) is 6.38. The van der Waals surface area contributed by atoms with E-state index in [1.807, 2.05) is 0 Å². The molecule has 0 amide bonds. The minimum absolute atomic E-state index is 0.0179. The normalized spacial score (nSPS) is 14.4. The first-order valence-electron chi connectivity index (χ1n) is 6.00. The van der Waals surface area contributed by atoms with Gasteiger partial charge in [0.1, 0.15) is 23.4 Å². The number of nitrogens with one attached hydrogen (secondary N) is 1. The predicted octanol–water partition coefficient (Wildman–Crippen LogP) is -0.312. The number of aliphatic hydroxyl groups excluding tert-OH is 1. The van der Waals surface area contributed by atoms with Crippen LogP contribution in [0.4, 0.5) is 0 Å². The highest BCUT2D eigenvalue weighted by Gasteiger charge is 2.30. The number of rotatable bonds is 4. The van der Waals surface area contributed by atoms with E-state index < -0.39 is 17.8 Å². The molecule has 21 heavy (non-hydrogen) atoms. The van der Waals surface area contributed by atoms with Gasteiger partial charge in [0, 0.05) is 14.0 Å². The Kier molecular flexibility index (Phi) is 4.10. The first-order chi connectivity index (χ1) is 9.88. The molecule has 0 aliphatic carbocycles. The monoisotopic (exact) mass is 312 g/mol. The number of hydrogen-bond donors (Lipinski definition) is 2. The average Bonchev–Trinajstić information content (AvgIpc) is 3.00. The molecule has 2 rings (SSSR count). The van der Waals surface area contributed by atoms with Gasteiger partial charge in [-0.15, -0.1) is 0 Å². The highest BCUT2D eigenvalue weighted by Crippen LogP contribution is 2.19. The molecule has 0 atom stereocenters. The average molecular weight is 313 g/mol. The summed E-state index contributed by atoms with van der Waals surface area (Å²) in [7, 11) is 1.64. The number of ketones is 1. The number of allylic oxidation sites excluding steroid dienone is 2. The summed E-state index contributed by atoms with van der Waals surface area (Å²) in [5.41, 5.74) is 0.115. The fraction of sp³-hybridized carbons (Fsp3) is 0.333. The molecular formula is C12H13ClN4O4. The summed E-state index contributed by atoms with van der Waals surface area (Å²) in [6.07, 6.45) is 1.10. The molecular weight excluding hydrogens is 300 g/mol. The van der Waals surface area contributed by atoms with Crippen molar-refractivity contribution in [3.8, 4) is 0 Å². The highest BCUT2D eigenvalue weighted by atomic mass is 35.5. The smallest absolute Gasteiger partial charge is 0.282 e. The van der Waals surface area contributed by atoms with Crippen molar-refractivity contribution >= 4 is 28.5 Å². The van der Waals surface area contributed by atoms with Gasteiger partial charge in [-0.3, -0.25) is 19.0 Å². The molecule has 0 unspecified atom stereocenters. The SMILES string of the molecule is CC(=O)C1=C(C(=O)n2cnc(C(=O)Cl)c2CO)N(C)CN1. The number of hydrogen-bond acceptors (Lipinski definition) is 7. The van der Waals surface area contributed by atoms with Gasteiger partial charge in [-0.2, -0.15) is 0 Å². The Morgan fingerprint density at radius 1 is 1.48 bits per heavy atom. The lowest BCUT2D eigenvalue weighted by Crippen LogP contribution is -2.26. The third-order valence-electron chi connectivity index (χ3n) is 3.09. The van der Waals surface area contributed by atoms with Crippen molar-refractivity contribution < 1.29 is 19.5 Å². The van der Waals surface area contributed by atoms with Crippen molar-refractivity contribution in [3.63, 3.8) is 0 Å². The van der Waals surface area contributed by atoms with E-state index in [-0.39, 0.29) is 28.6 Å². The maximum absolute atomic E-state index is 12.6. The molecule has 1 aliphatic rings. The van der Waals surface area contributed by atoms with Crippen LogP contribution in [0.15, 0.2) is 17.7 Å². The number of Topliss-reactive ketones (excluding diaryl/α,β-unsaturated/α-hetero) is 1. The number of carbonyl (C=O) groups is 3. The van der Waals surface area contributed by atoms with Gasteiger partial charge in [0.15, 0.2) is 5.78 Å². The standard InChI is InChI=1S/C12H13ClN4O4/c1-6(19)8-10(16(2)4-14-8)12(21)17-5-15-9(11(13)20)7(17)3-18/h5,14,18H,3-4H2,1-2H3. The molecule has 2 heterocycles. The zero-order valence-corrected chi connectivity index (χ0v) is 12.1. The van der Waals surface area contributed by atoms with Crippen LogP contribution in [-0.4, -0.2) is 50.2 Å². The number of aromatic nitrogens is 2. The second-order valence-corrected chi connectivity index (χ2v) is 4.80. The van der Waals surface area contributed by atoms with Crippen LogP contribution < -0.4 is 5.32 Å². The molecule has 8 nitrogen and oxygen atoms in total. The molecule has 0 fully saturated rings. The molecule has 1 aliphatic heterocycles. The van der Waals surface area contributed by atoms with Crippen molar-refractivity contribution in [1.82, 2.24) is 19.8 Å². The zero-order valence-electron chi connectivity index (χ0n) is 11.4. The van der Waals surface area contributed by atoms with E-state index in [0.29, 0.717) is 6.67 Å². The van der Waals surface area contributed by atoms with Crippen molar-refractivity contribution in [2.75, 3.05) is 13.7 Å². The molecule has 0 saturated heterocycles. The lowest BCUT2D eigenvalue weighted by atomic mass is 10.2. The van der Waals surface area contributed by atoms with Crippen LogP contribution in [0.25, 0.3) is 0 Å². The quantitative estimate of drug-likeness (QED) is 0.735. The lowest BCUT2D eigenvalue weighted by Gasteiger charge is -2.15. The van der Waals surface area contributed by atoms with E-state index in [2.05, 4.69) is 10.3 Å². The van der Waals surface area contributed by atoms with E-state index in [1.54, 1.807) is 11.9 Å². The number of carbonyl (C=O) groups excluding carboxylic acids is 3. The topological polar surface area (TPSA) is 105 Å². The van der Waals surface area contributed by atoms with Crippen LogP contribution >= 0.6 is 11.6 Å². The molecule has 0 radical (unpaired) electrons. The number of likely N-dealkylation sites (N-methyl/N-ethyl adjacent to an activating group) is 1. The summed E-state index contributed by atoms with van der Waals surface area (Å²) in [4.78, 5) is 40.6. The van der Waals surface area contributed by atoms with Crippen molar-refractivity contribution in [2.24, 2.45) is 0 Å². The van der Waals surface area contributed by atoms with E-state index in [4.69, 9.17) is 11.6 Å². The Bertz CT molecular complexity index is 664. The van der Waals surface area contributed by atoms with Crippen LogP contribution in [0.2, 0.25) is 0 Å². The maximum Gasteiger partial charge on any atom is 0.282 e. The first kappa shape index (κ1) is 15.2. The fourth-order valence-electron chi connectivity index (χ4n) is 2.09. The van der Waals surface area contributed by atoms with Gasteiger partial charge in [-0.25, -0.2) is 4.98 Å². The lowest BCUT2D eigenvalue weighted by molar-refractivity contribution is -0.113. The number of aliphatic hydroxyl groups is 1. The van der Waals surface area contributed by atoms with E-state index in [0.717, 1.165) is 10.9 Å². The Morgan fingerprint density at radius 3 is 2.67 bits per heavy atom. The molecule has 9 heteroatoms.